The Kier molecular flexibility index (Phi) is 12.1. The smallest absolute Gasteiger partial charge is 0.264 e. The van der Waals surface area contributed by atoms with E-state index in [1.807, 2.05) is 37.3 Å². The van der Waals surface area contributed by atoms with Crippen molar-refractivity contribution in [3.05, 3.63) is 119 Å². The summed E-state index contributed by atoms with van der Waals surface area (Å²) in [7, 11) is -1.44. The van der Waals surface area contributed by atoms with Crippen LogP contribution in [0.2, 0.25) is 5.02 Å². The number of benzene rings is 4. The first-order valence-corrected chi connectivity index (χ1v) is 16.7. The largest absolute Gasteiger partial charge is 0.497 e. The minimum atomic E-state index is -4.32. The third-order valence-corrected chi connectivity index (χ3v) is 9.53. The fourth-order valence-corrected chi connectivity index (χ4v) is 6.59. The Morgan fingerprint density at radius 2 is 1.52 bits per heavy atom. The Morgan fingerprint density at radius 1 is 0.870 bits per heavy atom. The predicted octanol–water partition coefficient (Wildman–Crippen LogP) is 5.72. The highest BCUT2D eigenvalue weighted by atomic mass is 35.5. The molecule has 2 amide bonds. The van der Waals surface area contributed by atoms with Crippen LogP contribution >= 0.6 is 11.6 Å². The number of anilines is 1. The van der Waals surface area contributed by atoms with E-state index >= 15 is 0 Å². The van der Waals surface area contributed by atoms with Crippen LogP contribution in [0.15, 0.2) is 108 Å². The van der Waals surface area contributed by atoms with Gasteiger partial charge in [-0.15, -0.1) is 0 Å². The monoisotopic (exact) mass is 663 g/mol. The van der Waals surface area contributed by atoms with E-state index in [9.17, 15) is 18.0 Å². The Balaban J connectivity index is 1.86. The van der Waals surface area contributed by atoms with Crippen LogP contribution in [-0.4, -0.2) is 58.5 Å². The van der Waals surface area contributed by atoms with Crippen molar-refractivity contribution >= 4 is 39.1 Å². The van der Waals surface area contributed by atoms with Crippen molar-refractivity contribution in [2.24, 2.45) is 0 Å². The first-order valence-electron chi connectivity index (χ1n) is 14.8. The second-order valence-corrected chi connectivity index (χ2v) is 12.7. The van der Waals surface area contributed by atoms with Crippen LogP contribution < -0.4 is 19.1 Å². The van der Waals surface area contributed by atoms with Gasteiger partial charge in [0.05, 0.1) is 24.8 Å². The van der Waals surface area contributed by atoms with Crippen molar-refractivity contribution in [3.8, 4) is 11.5 Å². The molecule has 46 heavy (non-hydrogen) atoms. The van der Waals surface area contributed by atoms with Gasteiger partial charge < -0.3 is 19.7 Å². The van der Waals surface area contributed by atoms with Crippen molar-refractivity contribution in [1.82, 2.24) is 10.2 Å². The van der Waals surface area contributed by atoms with E-state index in [4.69, 9.17) is 21.1 Å². The average molecular weight is 664 g/mol. The second kappa shape index (κ2) is 16.1. The van der Waals surface area contributed by atoms with E-state index in [0.29, 0.717) is 29.3 Å². The zero-order valence-electron chi connectivity index (χ0n) is 26.1. The molecule has 0 saturated heterocycles. The lowest BCUT2D eigenvalue weighted by Crippen LogP contribution is -2.53. The number of nitrogens with zero attached hydrogens (tertiary/aromatic N) is 2. The van der Waals surface area contributed by atoms with Crippen molar-refractivity contribution in [3.63, 3.8) is 0 Å². The van der Waals surface area contributed by atoms with E-state index in [1.165, 1.54) is 37.3 Å². The minimum absolute atomic E-state index is 0.0214. The SMILES string of the molecule is CCCNC(=O)C(Cc1ccccc1)N(Cc1ccccc1Cl)C(=O)CN(c1cc(OC)ccc1OC)S(=O)(=O)c1ccccc1. The highest BCUT2D eigenvalue weighted by Gasteiger charge is 2.36. The van der Waals surface area contributed by atoms with Crippen molar-refractivity contribution < 1.29 is 27.5 Å². The molecule has 4 aromatic carbocycles. The van der Waals surface area contributed by atoms with Gasteiger partial charge in [0.2, 0.25) is 11.8 Å². The quantitative estimate of drug-likeness (QED) is 0.175. The molecule has 0 aliphatic rings. The molecule has 0 radical (unpaired) electrons. The van der Waals surface area contributed by atoms with Crippen molar-refractivity contribution in [2.75, 3.05) is 31.6 Å². The van der Waals surface area contributed by atoms with Crippen LogP contribution in [0.1, 0.15) is 24.5 Å². The van der Waals surface area contributed by atoms with Gasteiger partial charge in [0.25, 0.3) is 10.0 Å². The first kappa shape index (κ1) is 34.3. The fourth-order valence-electron chi connectivity index (χ4n) is 4.95. The molecule has 9 nitrogen and oxygen atoms in total. The maximum atomic E-state index is 14.6. The molecule has 0 spiro atoms. The van der Waals surface area contributed by atoms with Gasteiger partial charge in [-0.2, -0.15) is 0 Å². The molecule has 0 fully saturated rings. The Bertz CT molecular complexity index is 1720. The number of amides is 2. The van der Waals surface area contributed by atoms with Gasteiger partial charge in [0, 0.05) is 30.6 Å². The van der Waals surface area contributed by atoms with Crippen molar-refractivity contribution in [1.29, 1.82) is 0 Å². The molecular weight excluding hydrogens is 626 g/mol. The van der Waals surface area contributed by atoms with Gasteiger partial charge in [0.15, 0.2) is 0 Å². The van der Waals surface area contributed by atoms with Gasteiger partial charge in [-0.1, -0.05) is 85.3 Å². The van der Waals surface area contributed by atoms with Gasteiger partial charge >= 0.3 is 0 Å². The van der Waals surface area contributed by atoms with Gasteiger partial charge in [0.1, 0.15) is 24.1 Å². The molecular formula is C35H38ClN3O6S. The zero-order valence-corrected chi connectivity index (χ0v) is 27.6. The van der Waals surface area contributed by atoms with E-state index in [2.05, 4.69) is 5.32 Å². The standard InChI is InChI=1S/C35H38ClN3O6S/c1-4-21-37-35(41)32(22-26-13-7-5-8-14-26)38(24-27-15-11-12-18-30(27)36)34(40)25-39(46(42,43)29-16-9-6-10-17-29)31-23-28(44-2)19-20-33(31)45-3/h5-20,23,32H,4,21-22,24-25H2,1-3H3,(H,37,41). The number of hydrogen-bond acceptors (Lipinski definition) is 6. The topological polar surface area (TPSA) is 105 Å². The van der Waals surface area contributed by atoms with Crippen LogP contribution in [0.3, 0.4) is 0 Å². The summed E-state index contributed by atoms with van der Waals surface area (Å²) in [6.07, 6.45) is 0.890. The highest BCUT2D eigenvalue weighted by Crippen LogP contribution is 2.36. The fraction of sp³-hybridized carbons (Fsp3) is 0.257. The number of nitrogens with one attached hydrogen (secondary N) is 1. The number of hydrogen-bond donors (Lipinski definition) is 1. The summed E-state index contributed by atoms with van der Waals surface area (Å²) < 4.78 is 40.5. The second-order valence-electron chi connectivity index (χ2n) is 10.5. The lowest BCUT2D eigenvalue weighted by atomic mass is 10.0. The average Bonchev–Trinajstić information content (AvgIpc) is 3.08. The first-order chi connectivity index (χ1) is 22.2. The molecule has 242 valence electrons. The molecule has 4 aromatic rings. The Morgan fingerprint density at radius 3 is 2.15 bits per heavy atom. The summed E-state index contributed by atoms with van der Waals surface area (Å²) >= 11 is 6.55. The predicted molar refractivity (Wildman–Crippen MR) is 180 cm³/mol. The minimum Gasteiger partial charge on any atom is -0.497 e. The van der Waals surface area contributed by atoms with Crippen LogP contribution in [-0.2, 0) is 32.6 Å². The van der Waals surface area contributed by atoms with Crippen LogP contribution in [0.25, 0.3) is 0 Å². The number of methoxy groups -OCH3 is 2. The Labute approximate surface area is 275 Å². The van der Waals surface area contributed by atoms with E-state index in [0.717, 1.165) is 9.87 Å². The number of sulfonamides is 1. The van der Waals surface area contributed by atoms with Crippen LogP contribution in [0, 0.1) is 0 Å². The third kappa shape index (κ3) is 8.38. The van der Waals surface area contributed by atoms with E-state index in [-0.39, 0.29) is 35.2 Å². The molecule has 0 aliphatic carbocycles. The summed E-state index contributed by atoms with van der Waals surface area (Å²) in [5.74, 6) is -0.392. The number of carbonyl (C=O) groups excluding carboxylic acids is 2. The summed E-state index contributed by atoms with van der Waals surface area (Å²) in [6, 6.07) is 28.0. The number of rotatable bonds is 15. The van der Waals surface area contributed by atoms with Gasteiger partial charge in [-0.25, -0.2) is 8.42 Å². The highest BCUT2D eigenvalue weighted by molar-refractivity contribution is 7.92. The number of halogens is 1. The van der Waals surface area contributed by atoms with Crippen molar-refractivity contribution in [2.45, 2.75) is 37.2 Å². The molecule has 11 heteroatoms. The lowest BCUT2D eigenvalue weighted by Gasteiger charge is -2.34. The molecule has 0 bridgehead atoms. The van der Waals surface area contributed by atoms with Gasteiger partial charge in [-0.3, -0.25) is 13.9 Å². The summed E-state index contributed by atoms with van der Waals surface area (Å²) in [4.78, 5) is 29.8. The summed E-state index contributed by atoms with van der Waals surface area (Å²) in [5, 5.41) is 3.34. The maximum absolute atomic E-state index is 14.6. The Hall–Kier alpha value is -4.54. The molecule has 0 aliphatic heterocycles. The summed E-state index contributed by atoms with van der Waals surface area (Å²) in [6.45, 7) is 1.67. The zero-order chi connectivity index (χ0) is 33.1. The van der Waals surface area contributed by atoms with Crippen LogP contribution in [0.4, 0.5) is 5.69 Å². The molecule has 1 atom stereocenters. The number of carbonyl (C=O) groups is 2. The third-order valence-electron chi connectivity index (χ3n) is 7.38. The van der Waals surface area contributed by atoms with E-state index < -0.39 is 28.5 Å². The molecule has 1 N–H and O–H groups in total. The molecule has 4 rings (SSSR count). The molecule has 0 saturated carbocycles. The van der Waals surface area contributed by atoms with E-state index in [1.54, 1.807) is 54.6 Å². The van der Waals surface area contributed by atoms with Crippen LogP contribution in [0.5, 0.6) is 11.5 Å². The lowest BCUT2D eigenvalue weighted by molar-refractivity contribution is -0.140. The molecule has 0 aromatic heterocycles. The summed E-state index contributed by atoms with van der Waals surface area (Å²) in [5.41, 5.74) is 1.54. The normalized spacial score (nSPS) is 11.7. The van der Waals surface area contributed by atoms with Gasteiger partial charge in [-0.05, 0) is 47.9 Å². The molecule has 1 unspecified atom stereocenters. The molecule has 0 heterocycles. The maximum Gasteiger partial charge on any atom is 0.264 e. The number of ether oxygens (including phenoxy) is 2.